The van der Waals surface area contributed by atoms with E-state index in [1.54, 1.807) is 18.2 Å². The second kappa shape index (κ2) is 7.30. The number of aromatic hydroxyl groups is 1. The zero-order valence-corrected chi connectivity index (χ0v) is 12.5. The van der Waals surface area contributed by atoms with E-state index in [9.17, 15) is 14.7 Å². The van der Waals surface area contributed by atoms with Crippen LogP contribution >= 0.6 is 0 Å². The van der Waals surface area contributed by atoms with Crippen molar-refractivity contribution >= 4 is 24.0 Å². The molecule has 0 spiro atoms. The molecule has 1 aliphatic heterocycles. The molecule has 0 unspecified atom stereocenters. The van der Waals surface area contributed by atoms with Gasteiger partial charge in [0.1, 0.15) is 11.8 Å². The molecule has 0 aromatic heterocycles. The quantitative estimate of drug-likeness (QED) is 0.260. The Hall–Kier alpha value is -3.03. The molecule has 23 heavy (non-hydrogen) atoms. The fraction of sp³-hybridized carbons (Fsp3) is 0.267. The van der Waals surface area contributed by atoms with E-state index < -0.39 is 12.1 Å². The second-order valence-electron chi connectivity index (χ2n) is 5.07. The molecule has 2 rings (SSSR count). The number of phenolic OH excluding ortho intramolecular Hbond substituents is 1. The maximum atomic E-state index is 12.2. The van der Waals surface area contributed by atoms with Crippen molar-refractivity contribution in [1.29, 1.82) is 0 Å². The third kappa shape index (κ3) is 4.47. The van der Waals surface area contributed by atoms with Gasteiger partial charge in [-0.1, -0.05) is 12.1 Å². The van der Waals surface area contributed by atoms with Crippen molar-refractivity contribution in [3.8, 4) is 5.75 Å². The molecule has 0 bridgehead atoms. The smallest absolute Gasteiger partial charge is 0.328 e. The van der Waals surface area contributed by atoms with Crippen LogP contribution in [0.15, 0.2) is 35.5 Å². The molecule has 1 saturated heterocycles. The van der Waals surface area contributed by atoms with E-state index in [0.717, 1.165) is 10.5 Å². The van der Waals surface area contributed by atoms with Crippen LogP contribution in [0.25, 0.3) is 6.08 Å². The summed E-state index contributed by atoms with van der Waals surface area (Å²) in [5.74, 6) is -0.155. The first kappa shape index (κ1) is 16.3. The van der Waals surface area contributed by atoms with Gasteiger partial charge in [0.2, 0.25) is 0 Å². The van der Waals surface area contributed by atoms with Crippen LogP contribution in [0.5, 0.6) is 5.75 Å². The summed E-state index contributed by atoms with van der Waals surface area (Å²) < 4.78 is 0. The van der Waals surface area contributed by atoms with Crippen LogP contribution in [0.1, 0.15) is 18.4 Å². The Morgan fingerprint density at radius 2 is 2.00 bits per heavy atom. The number of guanidine groups is 1. The van der Waals surface area contributed by atoms with Gasteiger partial charge in [-0.25, -0.2) is 9.69 Å². The van der Waals surface area contributed by atoms with Crippen LogP contribution in [-0.2, 0) is 4.79 Å². The van der Waals surface area contributed by atoms with E-state index in [1.165, 1.54) is 18.3 Å². The molecule has 1 atom stereocenters. The average Bonchev–Trinajstić information content (AvgIpc) is 2.77. The molecule has 8 nitrogen and oxygen atoms in total. The van der Waals surface area contributed by atoms with E-state index in [0.29, 0.717) is 19.4 Å². The van der Waals surface area contributed by atoms with E-state index in [2.05, 4.69) is 10.3 Å². The highest BCUT2D eigenvalue weighted by atomic mass is 16.3. The minimum absolute atomic E-state index is 0.00485. The molecule has 3 amide bonds. The summed E-state index contributed by atoms with van der Waals surface area (Å²) in [7, 11) is 0. The van der Waals surface area contributed by atoms with Gasteiger partial charge >= 0.3 is 6.03 Å². The molecule has 1 heterocycles. The number of carbonyl (C=O) groups is 2. The Kier molecular flexibility index (Phi) is 5.19. The van der Waals surface area contributed by atoms with Crippen LogP contribution in [0.2, 0.25) is 0 Å². The number of carbonyl (C=O) groups excluding carboxylic acids is 2. The van der Waals surface area contributed by atoms with Gasteiger partial charge in [0.15, 0.2) is 5.96 Å². The van der Waals surface area contributed by atoms with Gasteiger partial charge in [-0.3, -0.25) is 9.79 Å². The molecule has 0 radical (unpaired) electrons. The van der Waals surface area contributed by atoms with E-state index in [4.69, 9.17) is 11.5 Å². The predicted octanol–water partition coefficient (Wildman–Crippen LogP) is 0.337. The highest BCUT2D eigenvalue weighted by molar-refractivity contribution is 6.05. The minimum atomic E-state index is -0.568. The number of urea groups is 1. The number of nitrogens with one attached hydrogen (secondary N) is 1. The lowest BCUT2D eigenvalue weighted by atomic mass is 10.1. The number of rotatable bonds is 6. The monoisotopic (exact) mass is 317 g/mol. The van der Waals surface area contributed by atoms with E-state index >= 15 is 0 Å². The summed E-state index contributed by atoms with van der Waals surface area (Å²) in [6.07, 6.45) is 4.09. The maximum absolute atomic E-state index is 12.2. The van der Waals surface area contributed by atoms with Gasteiger partial charge in [-0.15, -0.1) is 0 Å². The standard InChI is InChI=1S/C15H19N5O3/c16-14(17)18-8-1-2-12-13(22)20(15(23)19-12)9-7-10-3-5-11(21)6-4-10/h3-7,9,12,21H,1-2,8H2,(H,19,23)(H4,16,17,18)/b9-7+/t12-/m0/s1. The molecule has 0 aliphatic carbocycles. The van der Waals surface area contributed by atoms with Crippen LogP contribution in [0.3, 0.4) is 0 Å². The molecule has 1 fully saturated rings. The summed E-state index contributed by atoms with van der Waals surface area (Å²) in [6, 6.07) is 5.38. The molecule has 0 saturated carbocycles. The van der Waals surface area contributed by atoms with Crippen molar-refractivity contribution < 1.29 is 14.7 Å². The van der Waals surface area contributed by atoms with Gasteiger partial charge in [0.05, 0.1) is 0 Å². The largest absolute Gasteiger partial charge is 0.508 e. The van der Waals surface area contributed by atoms with Gasteiger partial charge in [0, 0.05) is 12.7 Å². The highest BCUT2D eigenvalue weighted by Gasteiger charge is 2.36. The Labute approximate surface area is 133 Å². The Morgan fingerprint density at radius 1 is 1.30 bits per heavy atom. The SMILES string of the molecule is NC(N)=NCCC[C@@H]1NC(=O)N(/C=C/c2ccc(O)cc2)C1=O. The number of nitrogens with two attached hydrogens (primary N) is 2. The van der Waals surface area contributed by atoms with Crippen LogP contribution < -0.4 is 16.8 Å². The van der Waals surface area contributed by atoms with Crippen molar-refractivity contribution in [3.05, 3.63) is 36.0 Å². The van der Waals surface area contributed by atoms with Crippen molar-refractivity contribution in [2.45, 2.75) is 18.9 Å². The topological polar surface area (TPSA) is 134 Å². The fourth-order valence-electron chi connectivity index (χ4n) is 2.13. The van der Waals surface area contributed by atoms with Crippen LogP contribution in [-0.4, -0.2) is 40.5 Å². The highest BCUT2D eigenvalue weighted by Crippen LogP contribution is 2.15. The van der Waals surface area contributed by atoms with Crippen LogP contribution in [0.4, 0.5) is 4.79 Å². The van der Waals surface area contributed by atoms with Crippen molar-refractivity contribution in [3.63, 3.8) is 0 Å². The lowest BCUT2D eigenvalue weighted by Crippen LogP contribution is -2.29. The number of amides is 3. The van der Waals surface area contributed by atoms with E-state index in [-0.39, 0.29) is 17.6 Å². The Bertz CT molecular complexity index is 635. The molecule has 1 aliphatic rings. The van der Waals surface area contributed by atoms with Crippen LogP contribution in [0, 0.1) is 0 Å². The number of nitrogens with zero attached hydrogens (tertiary/aromatic N) is 2. The normalized spacial score (nSPS) is 17.6. The first-order chi connectivity index (χ1) is 11.0. The third-order valence-electron chi connectivity index (χ3n) is 3.31. The average molecular weight is 317 g/mol. The molecule has 122 valence electrons. The molecule has 1 aromatic rings. The zero-order valence-electron chi connectivity index (χ0n) is 12.5. The first-order valence-corrected chi connectivity index (χ1v) is 7.13. The number of imide groups is 1. The molecule has 1 aromatic carbocycles. The molecular weight excluding hydrogens is 298 g/mol. The number of aliphatic imine (C=N–C) groups is 1. The van der Waals surface area contributed by atoms with Crippen molar-refractivity contribution in [2.24, 2.45) is 16.5 Å². The fourth-order valence-corrected chi connectivity index (χ4v) is 2.13. The second-order valence-corrected chi connectivity index (χ2v) is 5.07. The Morgan fingerprint density at radius 3 is 2.65 bits per heavy atom. The summed E-state index contributed by atoms with van der Waals surface area (Å²) in [6.45, 7) is 0.408. The first-order valence-electron chi connectivity index (χ1n) is 7.13. The van der Waals surface area contributed by atoms with Crippen molar-refractivity contribution in [2.75, 3.05) is 6.54 Å². The molecular formula is C15H19N5O3. The summed E-state index contributed by atoms with van der Waals surface area (Å²) in [5.41, 5.74) is 11.2. The number of hydrogen-bond acceptors (Lipinski definition) is 4. The summed E-state index contributed by atoms with van der Waals surface area (Å²) >= 11 is 0. The lowest BCUT2D eigenvalue weighted by molar-refractivity contribution is -0.125. The molecule has 6 N–H and O–H groups in total. The minimum Gasteiger partial charge on any atom is -0.508 e. The Balaban J connectivity index is 1.93. The maximum Gasteiger partial charge on any atom is 0.328 e. The summed E-state index contributed by atoms with van der Waals surface area (Å²) in [4.78, 5) is 28.9. The lowest BCUT2D eigenvalue weighted by Gasteiger charge is -2.07. The van der Waals surface area contributed by atoms with Gasteiger partial charge in [-0.05, 0) is 36.6 Å². The van der Waals surface area contributed by atoms with Crippen molar-refractivity contribution in [1.82, 2.24) is 10.2 Å². The third-order valence-corrected chi connectivity index (χ3v) is 3.31. The predicted molar refractivity (Wildman–Crippen MR) is 86.2 cm³/mol. The zero-order chi connectivity index (χ0) is 16.8. The number of hydrogen-bond donors (Lipinski definition) is 4. The molecule has 8 heteroatoms. The van der Waals surface area contributed by atoms with Gasteiger partial charge < -0.3 is 21.9 Å². The van der Waals surface area contributed by atoms with Gasteiger partial charge in [0.25, 0.3) is 5.91 Å². The number of benzene rings is 1. The van der Waals surface area contributed by atoms with Gasteiger partial charge in [-0.2, -0.15) is 0 Å². The summed E-state index contributed by atoms with van der Waals surface area (Å²) in [5, 5.41) is 11.8. The number of phenols is 1. The van der Waals surface area contributed by atoms with E-state index in [1.807, 2.05) is 0 Å².